The molecule has 0 spiro atoms. The van der Waals surface area contributed by atoms with Gasteiger partial charge in [-0.1, -0.05) is 6.58 Å². The minimum atomic E-state index is -0.928. The molecule has 2 heterocycles. The van der Waals surface area contributed by atoms with E-state index in [2.05, 4.69) is 22.1 Å². The summed E-state index contributed by atoms with van der Waals surface area (Å²) in [5.41, 5.74) is -0.570. The average molecular weight is 278 g/mol. The number of nitrogens with one attached hydrogen (secondary N) is 2. The molecule has 0 saturated heterocycles. The molecule has 2 aliphatic rings. The Morgan fingerprint density at radius 1 is 0.900 bits per heavy atom. The first-order valence-corrected chi connectivity index (χ1v) is 5.47. The number of azo groups is 1. The smallest absolute Gasteiger partial charge is 0.281 e. The van der Waals surface area contributed by atoms with E-state index >= 15 is 0 Å². The molecule has 0 aromatic heterocycles. The summed E-state index contributed by atoms with van der Waals surface area (Å²) in [6.07, 6.45) is -0.413. The zero-order valence-corrected chi connectivity index (χ0v) is 10.1. The molecule has 0 atom stereocenters. The van der Waals surface area contributed by atoms with Crippen molar-refractivity contribution in [2.24, 2.45) is 10.2 Å². The highest BCUT2D eigenvalue weighted by Gasteiger charge is 2.27. The van der Waals surface area contributed by atoms with Gasteiger partial charge in [0.25, 0.3) is 11.8 Å². The van der Waals surface area contributed by atoms with E-state index in [0.29, 0.717) is 5.70 Å². The third kappa shape index (κ3) is 2.55. The summed E-state index contributed by atoms with van der Waals surface area (Å²) in [5, 5.41) is 30.2. The van der Waals surface area contributed by atoms with Gasteiger partial charge in [0.05, 0.1) is 6.42 Å². The van der Waals surface area contributed by atoms with E-state index in [1.807, 2.05) is 5.32 Å². The van der Waals surface area contributed by atoms with Gasteiger partial charge in [-0.2, -0.15) is 0 Å². The van der Waals surface area contributed by atoms with E-state index in [1.54, 1.807) is 0 Å². The molecule has 104 valence electrons. The zero-order valence-electron chi connectivity index (χ0n) is 10.1. The number of aliphatic hydroxyl groups excluding tert-OH is 2. The van der Waals surface area contributed by atoms with Crippen LogP contribution in [0.5, 0.6) is 0 Å². The first-order valence-electron chi connectivity index (χ1n) is 5.47. The lowest BCUT2D eigenvalue weighted by Crippen LogP contribution is -2.36. The monoisotopic (exact) mass is 278 g/mol. The van der Waals surface area contributed by atoms with Gasteiger partial charge >= 0.3 is 0 Å². The molecule has 0 fully saturated rings. The Kier molecular flexibility index (Phi) is 3.34. The topological polar surface area (TPSA) is 140 Å². The van der Waals surface area contributed by atoms with E-state index in [-0.39, 0.29) is 17.9 Å². The Bertz CT molecular complexity index is 575. The van der Waals surface area contributed by atoms with Crippen LogP contribution in [0.15, 0.2) is 45.4 Å². The fourth-order valence-corrected chi connectivity index (χ4v) is 1.58. The van der Waals surface area contributed by atoms with E-state index in [0.717, 1.165) is 0 Å². The lowest BCUT2D eigenvalue weighted by molar-refractivity contribution is -0.129. The Hall–Kier alpha value is -2.97. The second-order valence-electron chi connectivity index (χ2n) is 4.08. The van der Waals surface area contributed by atoms with Crippen LogP contribution in [0.25, 0.3) is 0 Å². The number of hydrogen-bond donors (Lipinski definition) is 4. The largest absolute Gasteiger partial charge is 0.509 e. The molecule has 0 bridgehead atoms. The second kappa shape index (κ2) is 4.96. The number of carbonyl (C=O) groups is 3. The molecule has 2 rings (SSSR count). The van der Waals surface area contributed by atoms with Gasteiger partial charge in [0, 0.05) is 12.1 Å². The molecule has 9 heteroatoms. The number of amides is 3. The molecule has 9 nitrogen and oxygen atoms in total. The lowest BCUT2D eigenvalue weighted by atomic mass is 10.1. The number of aliphatic hydroxyl groups is 2. The summed E-state index contributed by atoms with van der Waals surface area (Å²) in [4.78, 5) is 33.9. The molecule has 20 heavy (non-hydrogen) atoms. The first-order chi connectivity index (χ1) is 9.38. The SMILES string of the molecule is C=C1CC(O)=C(N=NC2=C(O)CC(=O)NC2=O)C(=O)N1. The van der Waals surface area contributed by atoms with Crippen LogP contribution in [0, 0.1) is 0 Å². The van der Waals surface area contributed by atoms with Crippen LogP contribution >= 0.6 is 0 Å². The molecule has 0 aromatic carbocycles. The molecule has 0 aromatic rings. The maximum Gasteiger partial charge on any atom is 0.281 e. The van der Waals surface area contributed by atoms with Crippen LogP contribution in [-0.4, -0.2) is 27.9 Å². The number of carbonyl (C=O) groups excluding carboxylic acids is 3. The number of nitrogens with zero attached hydrogens (tertiary/aromatic N) is 2. The van der Waals surface area contributed by atoms with Crippen molar-refractivity contribution in [3.8, 4) is 0 Å². The van der Waals surface area contributed by atoms with Gasteiger partial charge < -0.3 is 15.5 Å². The van der Waals surface area contributed by atoms with Gasteiger partial charge in [0.1, 0.15) is 11.5 Å². The Balaban J connectivity index is 2.30. The summed E-state index contributed by atoms with van der Waals surface area (Å²) < 4.78 is 0. The molecule has 0 radical (unpaired) electrons. The molecular formula is C11H10N4O5. The maximum absolute atomic E-state index is 11.5. The van der Waals surface area contributed by atoms with E-state index in [9.17, 15) is 24.6 Å². The van der Waals surface area contributed by atoms with Crippen LogP contribution in [-0.2, 0) is 14.4 Å². The summed E-state index contributed by atoms with van der Waals surface area (Å²) >= 11 is 0. The number of rotatable bonds is 2. The minimum absolute atomic E-state index is 0.00416. The van der Waals surface area contributed by atoms with Gasteiger partial charge in [-0.05, 0) is 0 Å². The normalized spacial score (nSPS) is 20.6. The van der Waals surface area contributed by atoms with Crippen molar-refractivity contribution >= 4 is 17.7 Å². The van der Waals surface area contributed by atoms with E-state index in [4.69, 9.17) is 0 Å². The predicted octanol–water partition coefficient (Wildman–Crippen LogP) is 0.0579. The van der Waals surface area contributed by atoms with Crippen molar-refractivity contribution in [1.29, 1.82) is 0 Å². The van der Waals surface area contributed by atoms with Gasteiger partial charge in [0.15, 0.2) is 11.4 Å². The average Bonchev–Trinajstić information content (AvgIpc) is 2.30. The molecule has 0 unspecified atom stereocenters. The van der Waals surface area contributed by atoms with Crippen LogP contribution in [0.1, 0.15) is 12.8 Å². The van der Waals surface area contributed by atoms with Crippen molar-refractivity contribution < 1.29 is 24.6 Å². The second-order valence-corrected chi connectivity index (χ2v) is 4.08. The van der Waals surface area contributed by atoms with Gasteiger partial charge in [-0.15, -0.1) is 10.2 Å². The summed E-state index contributed by atoms with van der Waals surface area (Å²) in [6, 6.07) is 0. The molecule has 3 amide bonds. The van der Waals surface area contributed by atoms with E-state index in [1.165, 1.54) is 0 Å². The van der Waals surface area contributed by atoms with Crippen molar-refractivity contribution in [1.82, 2.24) is 10.6 Å². The van der Waals surface area contributed by atoms with Crippen LogP contribution in [0.3, 0.4) is 0 Å². The quantitative estimate of drug-likeness (QED) is 0.417. The number of imide groups is 1. The highest BCUT2D eigenvalue weighted by Crippen LogP contribution is 2.20. The lowest BCUT2D eigenvalue weighted by Gasteiger charge is -2.15. The van der Waals surface area contributed by atoms with Crippen molar-refractivity contribution in [3.63, 3.8) is 0 Å². The molecule has 0 aliphatic carbocycles. The Morgan fingerprint density at radius 2 is 1.40 bits per heavy atom. The third-order valence-corrected chi connectivity index (χ3v) is 2.48. The van der Waals surface area contributed by atoms with E-state index < -0.39 is 35.6 Å². The van der Waals surface area contributed by atoms with Gasteiger partial charge in [0.2, 0.25) is 5.91 Å². The summed E-state index contributed by atoms with van der Waals surface area (Å²) in [7, 11) is 0. The maximum atomic E-state index is 11.5. The Morgan fingerprint density at radius 3 is 1.90 bits per heavy atom. The van der Waals surface area contributed by atoms with Gasteiger partial charge in [-0.3, -0.25) is 19.7 Å². The highest BCUT2D eigenvalue weighted by atomic mass is 16.3. The molecular weight excluding hydrogens is 268 g/mol. The van der Waals surface area contributed by atoms with Crippen molar-refractivity contribution in [2.75, 3.05) is 0 Å². The fourth-order valence-electron chi connectivity index (χ4n) is 1.58. The summed E-state index contributed by atoms with van der Waals surface area (Å²) in [6.45, 7) is 3.48. The Labute approximate surface area is 112 Å². The third-order valence-electron chi connectivity index (χ3n) is 2.48. The first kappa shape index (κ1) is 13.5. The fraction of sp³-hybridized carbons (Fsp3) is 0.182. The van der Waals surface area contributed by atoms with Crippen LogP contribution in [0.2, 0.25) is 0 Å². The predicted molar refractivity (Wildman–Crippen MR) is 63.8 cm³/mol. The van der Waals surface area contributed by atoms with Gasteiger partial charge in [-0.25, -0.2) is 0 Å². The highest BCUT2D eigenvalue weighted by molar-refractivity contribution is 6.07. The van der Waals surface area contributed by atoms with Crippen molar-refractivity contribution in [2.45, 2.75) is 12.8 Å². The van der Waals surface area contributed by atoms with Crippen molar-refractivity contribution in [3.05, 3.63) is 35.2 Å². The number of hydrogen-bond acceptors (Lipinski definition) is 7. The molecule has 0 saturated carbocycles. The summed E-state index contributed by atoms with van der Waals surface area (Å²) in [5.74, 6) is -3.23. The standard InChI is InChI=1S/C11H10N4O5/c1-4-2-5(16)8(10(19)12-4)14-15-9-6(17)3-7(18)13-11(9)20/h16-17H,1-3H2,(H,12,19)(H,13,18,20). The van der Waals surface area contributed by atoms with Crippen LogP contribution < -0.4 is 10.6 Å². The molecule has 4 N–H and O–H groups in total. The molecule has 2 aliphatic heterocycles. The zero-order chi connectivity index (χ0) is 14.9. The minimum Gasteiger partial charge on any atom is -0.509 e. The van der Waals surface area contributed by atoms with Crippen LogP contribution in [0.4, 0.5) is 0 Å².